The minimum Gasteiger partial charge on any atom is -0.468 e. The number of esters is 4. The van der Waals surface area contributed by atoms with E-state index in [2.05, 4.69) is 0 Å². The first-order valence-electron chi connectivity index (χ1n) is 22.0. The van der Waals surface area contributed by atoms with Crippen LogP contribution in [-0.2, 0) is 66.5 Å². The van der Waals surface area contributed by atoms with E-state index in [1.807, 2.05) is 0 Å². The Kier molecular flexibility index (Phi) is 19.3. The highest BCUT2D eigenvalue weighted by Crippen LogP contribution is 2.44. The smallest absolute Gasteiger partial charge is 0.337 e. The molecule has 0 bridgehead atoms. The first kappa shape index (κ1) is 53.9. The van der Waals surface area contributed by atoms with Crippen LogP contribution in [0.4, 0.5) is 0 Å². The van der Waals surface area contributed by atoms with Crippen molar-refractivity contribution < 1.29 is 113 Å². The van der Waals surface area contributed by atoms with E-state index >= 15 is 0 Å². The van der Waals surface area contributed by atoms with Crippen LogP contribution in [0.15, 0.2) is 47.0 Å². The van der Waals surface area contributed by atoms with Gasteiger partial charge in [0.05, 0.1) is 70.6 Å². The van der Waals surface area contributed by atoms with Crippen LogP contribution < -0.4 is 0 Å². The second-order valence-electron chi connectivity index (χ2n) is 17.1. The van der Waals surface area contributed by atoms with E-state index in [0.29, 0.717) is 0 Å². The van der Waals surface area contributed by atoms with Gasteiger partial charge in [-0.1, -0.05) is 26.0 Å². The lowest BCUT2D eigenvalue weighted by Crippen LogP contribution is -2.60. The summed E-state index contributed by atoms with van der Waals surface area (Å²) in [6.07, 6.45) is -15.0. The molecule has 23 nitrogen and oxygen atoms in total. The summed E-state index contributed by atoms with van der Waals surface area (Å²) < 4.78 is 55.4. The van der Waals surface area contributed by atoms with Gasteiger partial charge in [-0.3, -0.25) is 9.59 Å². The molecule has 0 radical (unpaired) electrons. The van der Waals surface area contributed by atoms with E-state index in [-0.39, 0.29) is 59.7 Å². The fourth-order valence-electron chi connectivity index (χ4n) is 9.24. The minimum absolute atomic E-state index is 0.0581. The molecule has 2 saturated heterocycles. The highest BCUT2D eigenvalue weighted by atomic mass is 16.8. The van der Waals surface area contributed by atoms with Crippen LogP contribution in [-0.4, -0.2) is 191 Å². The van der Waals surface area contributed by atoms with Gasteiger partial charge in [0.2, 0.25) is 12.6 Å². The van der Waals surface area contributed by atoms with Crippen LogP contribution in [0.25, 0.3) is 0 Å². The summed E-state index contributed by atoms with van der Waals surface area (Å²) >= 11 is 0. The molecule has 0 unspecified atom stereocenters. The lowest BCUT2D eigenvalue weighted by atomic mass is 9.83. The molecule has 5 aliphatic rings. The van der Waals surface area contributed by atoms with Gasteiger partial charge in [0, 0.05) is 29.6 Å². The van der Waals surface area contributed by atoms with Crippen LogP contribution in [0.5, 0.6) is 0 Å². The third-order valence-electron chi connectivity index (χ3n) is 13.2. The van der Waals surface area contributed by atoms with Crippen molar-refractivity contribution in [2.24, 2.45) is 35.5 Å². The lowest BCUT2D eigenvalue weighted by Gasteiger charge is -2.42. The summed E-state index contributed by atoms with van der Waals surface area (Å²) in [6.45, 7) is 4.93. The average molecular weight is 961 g/mol. The molecule has 0 amide bonds. The Morgan fingerprint density at radius 2 is 1.13 bits per heavy atom. The summed E-state index contributed by atoms with van der Waals surface area (Å²) in [5, 5.41) is 91.8. The Bertz CT molecular complexity index is 1840. The van der Waals surface area contributed by atoms with Crippen molar-refractivity contribution in [3.05, 3.63) is 47.0 Å². The Morgan fingerprint density at radius 3 is 1.54 bits per heavy atom. The Hall–Kier alpha value is -4.08. The number of aliphatic hydroxyl groups is 9. The molecular weight excluding hydrogens is 896 g/mol. The molecule has 0 aromatic rings. The fourth-order valence-corrected chi connectivity index (χ4v) is 9.24. The van der Waals surface area contributed by atoms with Gasteiger partial charge in [-0.05, 0) is 43.9 Å². The van der Waals surface area contributed by atoms with Crippen molar-refractivity contribution in [2.45, 2.75) is 127 Å². The van der Waals surface area contributed by atoms with Gasteiger partial charge in [-0.15, -0.1) is 0 Å². The zero-order valence-electron chi connectivity index (χ0n) is 38.0. The van der Waals surface area contributed by atoms with Crippen LogP contribution in [0.2, 0.25) is 0 Å². The van der Waals surface area contributed by atoms with Crippen molar-refractivity contribution in [3.8, 4) is 0 Å². The topological polar surface area (TPSA) is 343 Å². The third-order valence-corrected chi connectivity index (χ3v) is 13.2. The van der Waals surface area contributed by atoms with Crippen molar-refractivity contribution in [1.29, 1.82) is 0 Å². The van der Waals surface area contributed by atoms with Gasteiger partial charge >= 0.3 is 23.9 Å². The zero-order valence-corrected chi connectivity index (χ0v) is 38.0. The lowest BCUT2D eigenvalue weighted by molar-refractivity contribution is -0.327. The minimum atomic E-state index is -1.77. The van der Waals surface area contributed by atoms with Gasteiger partial charge in [0.15, 0.2) is 12.6 Å². The van der Waals surface area contributed by atoms with Crippen molar-refractivity contribution in [2.75, 3.05) is 40.6 Å². The first-order chi connectivity index (χ1) is 31.9. The molecule has 1 saturated carbocycles. The summed E-state index contributed by atoms with van der Waals surface area (Å²) in [6, 6.07) is 0. The molecule has 1 aliphatic carbocycles. The molecule has 23 heteroatoms. The molecule has 0 aromatic heterocycles. The second-order valence-corrected chi connectivity index (χ2v) is 17.1. The second kappa shape index (κ2) is 24.0. The van der Waals surface area contributed by atoms with Gasteiger partial charge in [0.25, 0.3) is 0 Å². The predicted octanol–water partition coefficient (Wildman–Crippen LogP) is -2.29. The van der Waals surface area contributed by atoms with E-state index < -0.39 is 148 Å². The van der Waals surface area contributed by atoms with Gasteiger partial charge in [-0.2, -0.15) is 0 Å². The van der Waals surface area contributed by atoms with Gasteiger partial charge < -0.3 is 93.3 Å². The maximum absolute atomic E-state index is 13.8. The Labute approximate surface area is 386 Å². The average Bonchev–Trinajstić information content (AvgIpc) is 3.64. The number of hydrogen-bond acceptors (Lipinski definition) is 23. The highest BCUT2D eigenvalue weighted by molar-refractivity contribution is 5.91. The van der Waals surface area contributed by atoms with Gasteiger partial charge in [-0.25, -0.2) is 9.59 Å². The largest absolute Gasteiger partial charge is 0.468 e. The molecule has 5 rings (SSSR count). The van der Waals surface area contributed by atoms with E-state index in [0.717, 1.165) is 26.7 Å². The number of aliphatic hydroxyl groups excluding tert-OH is 9. The molecule has 0 spiro atoms. The maximum atomic E-state index is 13.8. The van der Waals surface area contributed by atoms with Crippen LogP contribution in [0, 0.1) is 35.5 Å². The summed E-state index contributed by atoms with van der Waals surface area (Å²) in [5.74, 6) is -6.66. The van der Waals surface area contributed by atoms with E-state index in [4.69, 9.17) is 47.4 Å². The maximum Gasteiger partial charge on any atom is 0.337 e. The molecule has 67 heavy (non-hydrogen) atoms. The summed E-state index contributed by atoms with van der Waals surface area (Å²) in [5.41, 5.74) is 0.340. The van der Waals surface area contributed by atoms with E-state index in [1.54, 1.807) is 27.7 Å². The molecule has 4 aliphatic heterocycles. The number of ether oxygens (including phenoxy) is 10. The molecule has 3 fully saturated rings. The number of methoxy groups -OCH3 is 2. The zero-order chi connectivity index (χ0) is 49.4. The normalized spacial score (nSPS) is 39.3. The Balaban J connectivity index is 1.22. The SMILES string of the molecule is C/C=C1/[C@H](O[C@@H]2O[C@H](CO)[C@@H](O)[C@H](O)[C@H]2O)OC=C(C(=O)OC)[C@H]1CC(=O)OC[C@H](C)[C@@H]1C[C@H](OC(=O)C[C@@H]2C(C(=O)OC)=CO[C@@H](O[C@@H]3O[C@H](CO)[C@@H](O)[C@H](O)[C@H]3O)/C2=C/C)[C@H](C)[C@@H]1CO. The first-order valence-corrected chi connectivity index (χ1v) is 22.0. The van der Waals surface area contributed by atoms with Crippen molar-refractivity contribution >= 4 is 23.9 Å². The number of rotatable bonds is 17. The van der Waals surface area contributed by atoms with Crippen LogP contribution in [0.1, 0.15) is 47.0 Å². The number of carbonyl (C=O) groups is 4. The molecule has 0 aromatic carbocycles. The monoisotopic (exact) mass is 960 g/mol. The number of allylic oxidation sites excluding steroid dienone is 2. The van der Waals surface area contributed by atoms with Crippen molar-refractivity contribution in [3.63, 3.8) is 0 Å². The molecule has 378 valence electrons. The van der Waals surface area contributed by atoms with Crippen LogP contribution in [0.3, 0.4) is 0 Å². The third kappa shape index (κ3) is 11.9. The molecule has 9 N–H and O–H groups in total. The standard InChI is InChI=1S/C44H64O23/c1-7-20-23(26(39(56)58-5)16-61-41(20)66-43-37(54)35(52)33(50)29(13-46)64-43)10-31(48)60-15-18(3)22-9-28(19(4)25(22)12-45)63-32(49)11-24-21(8-2)42(62-17-27(24)40(57)59-6)67-44-38(55)36(53)34(51)30(14-47)65-44/h7-8,16-19,22-25,28-30,33-38,41-47,50-55H,9-15H2,1-6H3/b20-7+,21-8+/t18-,19+,22-,23-,24-,25-,28-,29+,30+,33+,34+,35-,36-,37+,38+,41-,42-,43-,44-/m0/s1. The fraction of sp³-hybridized carbons (Fsp3) is 0.727. The number of carbonyl (C=O) groups excluding carboxylic acids is 4. The highest BCUT2D eigenvalue weighted by Gasteiger charge is 2.50. The molecule has 19 atom stereocenters. The van der Waals surface area contributed by atoms with Gasteiger partial charge in [0.1, 0.15) is 54.9 Å². The molecule has 4 heterocycles. The Morgan fingerprint density at radius 1 is 0.687 bits per heavy atom. The quantitative estimate of drug-likeness (QED) is 0.0421. The van der Waals surface area contributed by atoms with Crippen LogP contribution >= 0.6 is 0 Å². The number of hydrogen-bond donors (Lipinski definition) is 9. The van der Waals surface area contributed by atoms with Crippen molar-refractivity contribution in [1.82, 2.24) is 0 Å². The van der Waals surface area contributed by atoms with E-state index in [1.165, 1.54) is 12.2 Å². The molecular formula is C44H64O23. The van der Waals surface area contributed by atoms with E-state index in [9.17, 15) is 65.1 Å². The summed E-state index contributed by atoms with van der Waals surface area (Å²) in [7, 11) is 2.28. The summed E-state index contributed by atoms with van der Waals surface area (Å²) in [4.78, 5) is 53.0. The predicted molar refractivity (Wildman–Crippen MR) is 221 cm³/mol.